The third-order valence-electron chi connectivity index (χ3n) is 4.50. The monoisotopic (exact) mass is 464 g/mol. The van der Waals surface area contributed by atoms with E-state index in [9.17, 15) is 14.4 Å². The lowest BCUT2D eigenvalue weighted by Gasteiger charge is -2.35. The number of aromatic nitrogens is 1. The van der Waals surface area contributed by atoms with E-state index >= 15 is 0 Å². The normalized spacial score (nSPS) is 14.3. The molecule has 1 saturated heterocycles. The SMILES string of the molecule is CC(C)(C)OC(=O)N1CCN(C(=O)Cc2csc(NC(=O)c3ccc(Cl)cc3)n2)CC1. The topological polar surface area (TPSA) is 91.8 Å². The molecule has 0 aliphatic carbocycles. The van der Waals surface area contributed by atoms with Crippen molar-refractivity contribution in [2.75, 3.05) is 31.5 Å². The van der Waals surface area contributed by atoms with E-state index in [0.717, 1.165) is 0 Å². The smallest absolute Gasteiger partial charge is 0.410 e. The first-order chi connectivity index (χ1) is 14.6. The second-order valence-electron chi connectivity index (χ2n) is 8.13. The first-order valence-electron chi connectivity index (χ1n) is 9.88. The molecule has 0 bridgehead atoms. The summed E-state index contributed by atoms with van der Waals surface area (Å²) in [5, 5.41) is 5.47. The van der Waals surface area contributed by atoms with Gasteiger partial charge in [-0.05, 0) is 45.0 Å². The van der Waals surface area contributed by atoms with Crippen molar-refractivity contribution in [1.82, 2.24) is 14.8 Å². The number of benzene rings is 1. The molecule has 3 amide bonds. The lowest BCUT2D eigenvalue weighted by atomic mass is 10.2. The van der Waals surface area contributed by atoms with Gasteiger partial charge in [-0.15, -0.1) is 11.3 Å². The van der Waals surface area contributed by atoms with Gasteiger partial charge in [0.1, 0.15) is 5.60 Å². The number of carbonyl (C=O) groups is 3. The van der Waals surface area contributed by atoms with Crippen molar-refractivity contribution in [2.45, 2.75) is 32.8 Å². The molecule has 8 nitrogen and oxygen atoms in total. The highest BCUT2D eigenvalue weighted by Crippen LogP contribution is 2.19. The number of hydrogen-bond donors (Lipinski definition) is 1. The Kier molecular flexibility index (Phi) is 7.17. The molecule has 2 aromatic rings. The van der Waals surface area contributed by atoms with Crippen LogP contribution in [-0.2, 0) is 16.0 Å². The van der Waals surface area contributed by atoms with Crippen molar-refractivity contribution in [3.05, 3.63) is 45.9 Å². The first-order valence-corrected chi connectivity index (χ1v) is 11.1. The Balaban J connectivity index is 1.48. The van der Waals surface area contributed by atoms with Crippen molar-refractivity contribution in [1.29, 1.82) is 0 Å². The third kappa shape index (κ3) is 6.67. The Hall–Kier alpha value is -2.65. The average molecular weight is 465 g/mol. The van der Waals surface area contributed by atoms with Gasteiger partial charge in [-0.25, -0.2) is 9.78 Å². The molecule has 1 aliphatic heterocycles. The van der Waals surface area contributed by atoms with E-state index in [2.05, 4.69) is 10.3 Å². The van der Waals surface area contributed by atoms with E-state index in [1.165, 1.54) is 11.3 Å². The van der Waals surface area contributed by atoms with Crippen LogP contribution in [0.3, 0.4) is 0 Å². The highest BCUT2D eigenvalue weighted by molar-refractivity contribution is 7.14. The van der Waals surface area contributed by atoms with Gasteiger partial charge in [-0.2, -0.15) is 0 Å². The Bertz CT molecular complexity index is 947. The van der Waals surface area contributed by atoms with Crippen LogP contribution in [0.25, 0.3) is 0 Å². The molecule has 0 unspecified atom stereocenters. The molecule has 31 heavy (non-hydrogen) atoms. The molecule has 1 aromatic carbocycles. The Morgan fingerprint density at radius 3 is 2.32 bits per heavy atom. The van der Waals surface area contributed by atoms with Gasteiger partial charge in [0, 0.05) is 42.1 Å². The van der Waals surface area contributed by atoms with Crippen LogP contribution in [0.15, 0.2) is 29.6 Å². The largest absolute Gasteiger partial charge is 0.444 e. The molecule has 1 aliphatic rings. The summed E-state index contributed by atoms with van der Waals surface area (Å²) >= 11 is 7.10. The average Bonchev–Trinajstić information content (AvgIpc) is 3.14. The van der Waals surface area contributed by atoms with E-state index in [1.54, 1.807) is 39.4 Å². The number of nitrogens with zero attached hydrogens (tertiary/aromatic N) is 3. The zero-order chi connectivity index (χ0) is 22.6. The fraction of sp³-hybridized carbons (Fsp3) is 0.429. The fourth-order valence-electron chi connectivity index (χ4n) is 2.95. The molecular weight excluding hydrogens is 440 g/mol. The number of hydrogen-bond acceptors (Lipinski definition) is 6. The standard InChI is InChI=1S/C21H25ClN4O4S/c1-21(2,3)30-20(29)26-10-8-25(9-11-26)17(27)12-16-13-31-19(23-16)24-18(28)14-4-6-15(22)7-5-14/h4-7,13H,8-12H2,1-3H3,(H,23,24,28). The molecule has 1 fully saturated rings. The highest BCUT2D eigenvalue weighted by atomic mass is 35.5. The third-order valence-corrected chi connectivity index (χ3v) is 5.55. The molecule has 1 N–H and O–H groups in total. The predicted octanol–water partition coefficient (Wildman–Crippen LogP) is 3.67. The summed E-state index contributed by atoms with van der Waals surface area (Å²) in [5.74, 6) is -0.355. The molecule has 0 radical (unpaired) electrons. The van der Waals surface area contributed by atoms with Gasteiger partial charge in [-0.1, -0.05) is 11.6 Å². The van der Waals surface area contributed by atoms with Crippen molar-refractivity contribution in [2.24, 2.45) is 0 Å². The maximum absolute atomic E-state index is 12.6. The molecular formula is C21H25ClN4O4S. The van der Waals surface area contributed by atoms with Crippen LogP contribution in [0, 0.1) is 0 Å². The molecule has 3 rings (SSSR count). The summed E-state index contributed by atoms with van der Waals surface area (Å²) in [4.78, 5) is 44.7. The molecule has 0 spiro atoms. The number of carbonyl (C=O) groups excluding carboxylic acids is 3. The Labute approximate surface area is 190 Å². The number of piperazine rings is 1. The molecule has 166 valence electrons. The molecule has 10 heteroatoms. The van der Waals surface area contributed by atoms with Gasteiger partial charge in [0.15, 0.2) is 5.13 Å². The summed E-state index contributed by atoms with van der Waals surface area (Å²) in [7, 11) is 0. The van der Waals surface area contributed by atoms with Crippen LogP contribution in [-0.4, -0.2) is 64.5 Å². The van der Waals surface area contributed by atoms with Gasteiger partial charge < -0.3 is 14.5 Å². The second-order valence-corrected chi connectivity index (χ2v) is 9.42. The van der Waals surface area contributed by atoms with Gasteiger partial charge in [0.2, 0.25) is 5.91 Å². The van der Waals surface area contributed by atoms with Gasteiger partial charge in [0.25, 0.3) is 5.91 Å². The number of thiazole rings is 1. The highest BCUT2D eigenvalue weighted by Gasteiger charge is 2.27. The van der Waals surface area contributed by atoms with Crippen LogP contribution in [0.5, 0.6) is 0 Å². The molecule has 1 aromatic heterocycles. The molecule has 0 saturated carbocycles. The van der Waals surface area contributed by atoms with E-state index in [4.69, 9.17) is 16.3 Å². The summed E-state index contributed by atoms with van der Waals surface area (Å²) < 4.78 is 5.37. The van der Waals surface area contributed by atoms with Gasteiger partial charge >= 0.3 is 6.09 Å². The summed E-state index contributed by atoms with van der Waals surface area (Å²) in [6, 6.07) is 6.55. The predicted molar refractivity (Wildman–Crippen MR) is 120 cm³/mol. The summed E-state index contributed by atoms with van der Waals surface area (Å²) in [6.07, 6.45) is -0.222. The second kappa shape index (κ2) is 9.65. The first kappa shape index (κ1) is 23.0. The molecule has 0 atom stereocenters. The van der Waals surface area contributed by atoms with Crippen LogP contribution in [0.2, 0.25) is 5.02 Å². The summed E-state index contributed by atoms with van der Waals surface area (Å²) in [6.45, 7) is 7.23. The van der Waals surface area contributed by atoms with Crippen LogP contribution in [0.1, 0.15) is 36.8 Å². The van der Waals surface area contributed by atoms with Crippen molar-refractivity contribution < 1.29 is 19.1 Å². The van der Waals surface area contributed by atoms with Crippen LogP contribution >= 0.6 is 22.9 Å². The Morgan fingerprint density at radius 2 is 1.71 bits per heavy atom. The number of ether oxygens (including phenoxy) is 1. The minimum atomic E-state index is -0.546. The number of nitrogens with one attached hydrogen (secondary N) is 1. The van der Waals surface area contributed by atoms with Gasteiger partial charge in [-0.3, -0.25) is 14.9 Å². The van der Waals surface area contributed by atoms with E-state index in [1.807, 2.05) is 20.8 Å². The minimum absolute atomic E-state index is 0.0651. The lowest BCUT2D eigenvalue weighted by molar-refractivity contribution is -0.132. The fourth-order valence-corrected chi connectivity index (χ4v) is 3.78. The Morgan fingerprint density at radius 1 is 1.10 bits per heavy atom. The van der Waals surface area contributed by atoms with E-state index < -0.39 is 5.60 Å². The van der Waals surface area contributed by atoms with Crippen LogP contribution in [0.4, 0.5) is 9.93 Å². The number of halogens is 1. The number of amides is 3. The lowest BCUT2D eigenvalue weighted by Crippen LogP contribution is -2.52. The number of rotatable bonds is 4. The van der Waals surface area contributed by atoms with Crippen molar-refractivity contribution >= 4 is 46.0 Å². The maximum Gasteiger partial charge on any atom is 0.410 e. The van der Waals surface area contributed by atoms with Gasteiger partial charge in [0.05, 0.1) is 12.1 Å². The van der Waals surface area contributed by atoms with Crippen molar-refractivity contribution in [3.8, 4) is 0 Å². The van der Waals surface area contributed by atoms with Crippen LogP contribution < -0.4 is 5.32 Å². The minimum Gasteiger partial charge on any atom is -0.444 e. The zero-order valence-corrected chi connectivity index (χ0v) is 19.3. The van der Waals surface area contributed by atoms with E-state index in [0.29, 0.717) is 47.6 Å². The number of anilines is 1. The zero-order valence-electron chi connectivity index (χ0n) is 17.7. The molecule has 2 heterocycles. The van der Waals surface area contributed by atoms with Crippen molar-refractivity contribution in [3.63, 3.8) is 0 Å². The quantitative estimate of drug-likeness (QED) is 0.745. The maximum atomic E-state index is 12.6. The summed E-state index contributed by atoms with van der Waals surface area (Å²) in [5.41, 5.74) is 0.520. The van der Waals surface area contributed by atoms with E-state index in [-0.39, 0.29) is 24.3 Å².